The Kier molecular flexibility index (Phi) is 12.7. The molecular formula is C22H35NO6. The second-order valence-corrected chi connectivity index (χ2v) is 7.86. The number of unbranched alkanes of at least 4 members (excludes halogenated alkanes) is 6. The first-order chi connectivity index (χ1) is 13.9. The van der Waals surface area contributed by atoms with E-state index in [1.165, 1.54) is 17.1 Å². The van der Waals surface area contributed by atoms with Gasteiger partial charge in [-0.05, 0) is 31.6 Å². The van der Waals surface area contributed by atoms with Crippen LogP contribution in [0.3, 0.4) is 0 Å². The standard InChI is InChI=1S/C22H35NO6/c24-19-15-16-20(25)23(19)17-9-12-18(10-5-1-3-7-13-21(26)27)11-6-2-4-8-14-22(28)29/h15-16,18H,1-14,17H2,(H,26,27)(H,28,29). The molecular weight excluding hydrogens is 374 g/mol. The van der Waals surface area contributed by atoms with Gasteiger partial charge in [0.15, 0.2) is 0 Å². The van der Waals surface area contributed by atoms with Gasteiger partial charge in [0.05, 0.1) is 0 Å². The Hall–Kier alpha value is -2.18. The van der Waals surface area contributed by atoms with Crippen molar-refractivity contribution in [1.82, 2.24) is 4.90 Å². The zero-order valence-corrected chi connectivity index (χ0v) is 17.3. The quantitative estimate of drug-likeness (QED) is 0.260. The largest absolute Gasteiger partial charge is 0.481 e. The summed E-state index contributed by atoms with van der Waals surface area (Å²) >= 11 is 0. The van der Waals surface area contributed by atoms with Crippen LogP contribution in [0.4, 0.5) is 0 Å². The Morgan fingerprint density at radius 3 is 1.55 bits per heavy atom. The fraction of sp³-hybridized carbons (Fsp3) is 0.727. The average molecular weight is 410 g/mol. The number of carboxylic acid groups (broad SMARTS) is 2. The minimum atomic E-state index is -0.744. The van der Waals surface area contributed by atoms with E-state index in [0.717, 1.165) is 77.0 Å². The lowest BCUT2D eigenvalue weighted by molar-refractivity contribution is -0.138. The number of carbonyl (C=O) groups is 4. The van der Waals surface area contributed by atoms with Gasteiger partial charge in [-0.2, -0.15) is 0 Å². The summed E-state index contributed by atoms with van der Waals surface area (Å²) in [7, 11) is 0. The van der Waals surface area contributed by atoms with E-state index in [4.69, 9.17) is 10.2 Å². The number of aliphatic carboxylic acids is 2. The lowest BCUT2D eigenvalue weighted by Gasteiger charge is -2.19. The molecule has 0 aromatic carbocycles. The first-order valence-electron chi connectivity index (χ1n) is 10.9. The minimum Gasteiger partial charge on any atom is -0.481 e. The van der Waals surface area contributed by atoms with Crippen LogP contribution in [0, 0.1) is 5.92 Å². The molecule has 2 N–H and O–H groups in total. The highest BCUT2D eigenvalue weighted by molar-refractivity contribution is 6.12. The van der Waals surface area contributed by atoms with E-state index >= 15 is 0 Å². The maximum Gasteiger partial charge on any atom is 0.303 e. The number of carboxylic acids is 2. The van der Waals surface area contributed by atoms with Gasteiger partial charge in [-0.25, -0.2) is 0 Å². The van der Waals surface area contributed by atoms with Gasteiger partial charge in [0, 0.05) is 31.5 Å². The van der Waals surface area contributed by atoms with Gasteiger partial charge in [0.25, 0.3) is 11.8 Å². The molecule has 0 spiro atoms. The van der Waals surface area contributed by atoms with Crippen molar-refractivity contribution in [2.75, 3.05) is 6.54 Å². The van der Waals surface area contributed by atoms with E-state index in [9.17, 15) is 19.2 Å². The lowest BCUT2D eigenvalue weighted by atomic mass is 9.90. The highest BCUT2D eigenvalue weighted by Crippen LogP contribution is 2.23. The van der Waals surface area contributed by atoms with Gasteiger partial charge in [0.2, 0.25) is 0 Å². The van der Waals surface area contributed by atoms with Crippen LogP contribution in [-0.2, 0) is 19.2 Å². The monoisotopic (exact) mass is 409 g/mol. The molecule has 7 nitrogen and oxygen atoms in total. The van der Waals surface area contributed by atoms with Crippen molar-refractivity contribution in [3.05, 3.63) is 12.2 Å². The number of nitrogens with zero attached hydrogens (tertiary/aromatic N) is 1. The van der Waals surface area contributed by atoms with Crippen molar-refractivity contribution >= 4 is 23.8 Å². The van der Waals surface area contributed by atoms with Crippen molar-refractivity contribution < 1.29 is 29.4 Å². The summed E-state index contributed by atoms with van der Waals surface area (Å²) < 4.78 is 0. The first kappa shape index (κ1) is 24.9. The molecule has 0 aromatic rings. The summed E-state index contributed by atoms with van der Waals surface area (Å²) in [5, 5.41) is 17.4. The maximum absolute atomic E-state index is 11.6. The molecule has 1 aliphatic rings. The Morgan fingerprint density at radius 2 is 1.10 bits per heavy atom. The first-order valence-corrected chi connectivity index (χ1v) is 10.9. The molecule has 0 unspecified atom stereocenters. The number of carbonyl (C=O) groups excluding carboxylic acids is 2. The second kappa shape index (κ2) is 14.8. The Morgan fingerprint density at radius 1 is 0.690 bits per heavy atom. The van der Waals surface area contributed by atoms with Gasteiger partial charge >= 0.3 is 11.9 Å². The third-order valence-corrected chi connectivity index (χ3v) is 5.40. The van der Waals surface area contributed by atoms with E-state index in [-0.39, 0.29) is 24.7 Å². The van der Waals surface area contributed by atoms with Crippen LogP contribution in [0.1, 0.15) is 89.9 Å². The molecule has 0 aliphatic carbocycles. The molecule has 7 heteroatoms. The van der Waals surface area contributed by atoms with Crippen molar-refractivity contribution in [3.63, 3.8) is 0 Å². The molecule has 1 heterocycles. The second-order valence-electron chi connectivity index (χ2n) is 7.86. The summed E-state index contributed by atoms with van der Waals surface area (Å²) in [6.07, 6.45) is 14.4. The number of hydrogen-bond acceptors (Lipinski definition) is 4. The van der Waals surface area contributed by atoms with Gasteiger partial charge in [-0.1, -0.05) is 51.4 Å². The zero-order chi connectivity index (χ0) is 21.5. The number of imide groups is 1. The molecule has 2 amide bonds. The topological polar surface area (TPSA) is 112 Å². The predicted molar refractivity (Wildman–Crippen MR) is 109 cm³/mol. The number of rotatable bonds is 18. The molecule has 29 heavy (non-hydrogen) atoms. The molecule has 0 fully saturated rings. The third kappa shape index (κ3) is 12.1. The molecule has 0 atom stereocenters. The van der Waals surface area contributed by atoms with Crippen molar-refractivity contribution in [3.8, 4) is 0 Å². The SMILES string of the molecule is O=C(O)CCCCCCC(CCCCCCC(=O)O)CCCN1C(=O)C=CC1=O. The van der Waals surface area contributed by atoms with E-state index in [0.29, 0.717) is 12.5 Å². The summed E-state index contributed by atoms with van der Waals surface area (Å²) in [5.41, 5.74) is 0. The Labute approximate surface area is 173 Å². The molecule has 0 radical (unpaired) electrons. The molecule has 0 saturated heterocycles. The normalized spacial score (nSPS) is 13.6. The highest BCUT2D eigenvalue weighted by Gasteiger charge is 2.22. The van der Waals surface area contributed by atoms with E-state index in [1.54, 1.807) is 0 Å². The van der Waals surface area contributed by atoms with Crippen LogP contribution >= 0.6 is 0 Å². The molecule has 0 aromatic heterocycles. The molecule has 0 saturated carbocycles. The van der Waals surface area contributed by atoms with Crippen LogP contribution in [0.25, 0.3) is 0 Å². The molecule has 164 valence electrons. The molecule has 1 rings (SSSR count). The maximum atomic E-state index is 11.6. The average Bonchev–Trinajstić information content (AvgIpc) is 2.98. The van der Waals surface area contributed by atoms with Crippen LogP contribution < -0.4 is 0 Å². The summed E-state index contributed by atoms with van der Waals surface area (Å²) in [6.45, 7) is 0.457. The highest BCUT2D eigenvalue weighted by atomic mass is 16.4. The summed E-state index contributed by atoms with van der Waals surface area (Å²) in [5.74, 6) is -1.43. The Bertz CT molecular complexity index is 528. The fourth-order valence-corrected chi connectivity index (χ4v) is 3.75. The van der Waals surface area contributed by atoms with Crippen LogP contribution in [0.2, 0.25) is 0 Å². The summed E-state index contributed by atoms with van der Waals surface area (Å²) in [4.78, 5) is 45.7. The third-order valence-electron chi connectivity index (χ3n) is 5.40. The predicted octanol–water partition coefficient (Wildman–Crippen LogP) is 4.16. The van der Waals surface area contributed by atoms with Gasteiger partial charge in [0.1, 0.15) is 0 Å². The van der Waals surface area contributed by atoms with Crippen molar-refractivity contribution in [1.29, 1.82) is 0 Å². The van der Waals surface area contributed by atoms with Crippen molar-refractivity contribution in [2.24, 2.45) is 5.92 Å². The molecule has 1 aliphatic heterocycles. The van der Waals surface area contributed by atoms with Crippen LogP contribution in [0.15, 0.2) is 12.2 Å². The fourth-order valence-electron chi connectivity index (χ4n) is 3.75. The van der Waals surface area contributed by atoms with Crippen molar-refractivity contribution in [2.45, 2.75) is 89.9 Å². The molecule has 0 bridgehead atoms. The minimum absolute atomic E-state index is 0.228. The van der Waals surface area contributed by atoms with Gasteiger partial charge in [-0.3, -0.25) is 24.1 Å². The smallest absolute Gasteiger partial charge is 0.303 e. The van der Waals surface area contributed by atoms with E-state index in [1.807, 2.05) is 0 Å². The van der Waals surface area contributed by atoms with E-state index in [2.05, 4.69) is 0 Å². The van der Waals surface area contributed by atoms with Gasteiger partial charge < -0.3 is 10.2 Å². The zero-order valence-electron chi connectivity index (χ0n) is 17.3. The lowest BCUT2D eigenvalue weighted by Crippen LogP contribution is -2.31. The van der Waals surface area contributed by atoms with E-state index < -0.39 is 11.9 Å². The van der Waals surface area contributed by atoms with Crippen LogP contribution in [-0.4, -0.2) is 45.4 Å². The number of amides is 2. The summed E-state index contributed by atoms with van der Waals surface area (Å²) in [6, 6.07) is 0. The van der Waals surface area contributed by atoms with Crippen LogP contribution in [0.5, 0.6) is 0 Å². The van der Waals surface area contributed by atoms with Gasteiger partial charge in [-0.15, -0.1) is 0 Å². The Balaban J connectivity index is 2.27. The number of hydrogen-bond donors (Lipinski definition) is 2.